The quantitative estimate of drug-likeness (QED) is 0.440. The van der Waals surface area contributed by atoms with Crippen molar-refractivity contribution in [2.45, 2.75) is 38.9 Å². The maximum absolute atomic E-state index is 11.7. The summed E-state index contributed by atoms with van der Waals surface area (Å²) in [6.45, 7) is 7.36. The van der Waals surface area contributed by atoms with Crippen LogP contribution < -0.4 is 0 Å². The lowest BCUT2D eigenvalue weighted by atomic mass is 10.1. The first-order valence-corrected chi connectivity index (χ1v) is 7.71. The lowest BCUT2D eigenvalue weighted by Gasteiger charge is -2.30. The third-order valence-electron chi connectivity index (χ3n) is 3.66. The van der Waals surface area contributed by atoms with E-state index in [4.69, 9.17) is 8.92 Å². The van der Waals surface area contributed by atoms with Crippen molar-refractivity contribution in [2.75, 3.05) is 5.75 Å². The Kier molecular flexibility index (Phi) is 3.51. The highest BCUT2D eigenvalue weighted by atomic mass is 32.2. The highest BCUT2D eigenvalue weighted by molar-refractivity contribution is 7.86. The molecule has 2 aliphatic rings. The van der Waals surface area contributed by atoms with E-state index in [-0.39, 0.29) is 17.6 Å². The molecule has 2 fully saturated rings. The summed E-state index contributed by atoms with van der Waals surface area (Å²) in [6, 6.07) is 0. The number of hydrogen-bond donors (Lipinski definition) is 0. The lowest BCUT2D eigenvalue weighted by Crippen LogP contribution is -2.43. The van der Waals surface area contributed by atoms with Crippen molar-refractivity contribution < 1.29 is 22.1 Å². The topological polar surface area (TPSA) is 69.7 Å². The van der Waals surface area contributed by atoms with E-state index in [9.17, 15) is 13.2 Å². The predicted octanol–water partition coefficient (Wildman–Crippen LogP) is 1.25. The third kappa shape index (κ3) is 2.44. The first-order chi connectivity index (χ1) is 8.34. The van der Waals surface area contributed by atoms with Gasteiger partial charge in [-0.15, -0.1) is 0 Å². The van der Waals surface area contributed by atoms with Gasteiger partial charge >= 0.3 is 5.97 Å². The van der Waals surface area contributed by atoms with Crippen molar-refractivity contribution in [1.82, 2.24) is 0 Å². The first kappa shape index (κ1) is 13.5. The molecule has 0 amide bonds. The van der Waals surface area contributed by atoms with Crippen LogP contribution in [0.15, 0.2) is 12.2 Å². The molecule has 5 nitrogen and oxygen atoms in total. The molecule has 0 aromatic carbocycles. The van der Waals surface area contributed by atoms with Crippen molar-refractivity contribution in [3.63, 3.8) is 0 Å². The van der Waals surface area contributed by atoms with Gasteiger partial charge in [0, 0.05) is 11.5 Å². The zero-order valence-electron chi connectivity index (χ0n) is 10.6. The molecule has 2 bridgehead atoms. The minimum atomic E-state index is -3.46. The fraction of sp³-hybridized carbons (Fsp3) is 0.750. The number of ether oxygens (including phenoxy) is 1. The van der Waals surface area contributed by atoms with Gasteiger partial charge in [-0.3, -0.25) is 4.18 Å². The van der Waals surface area contributed by atoms with E-state index >= 15 is 0 Å². The molecule has 4 atom stereocenters. The van der Waals surface area contributed by atoms with Gasteiger partial charge in [0.15, 0.2) is 0 Å². The molecule has 2 rings (SSSR count). The van der Waals surface area contributed by atoms with Crippen LogP contribution in [0.25, 0.3) is 0 Å². The molecule has 0 spiro atoms. The molecule has 0 radical (unpaired) electrons. The summed E-state index contributed by atoms with van der Waals surface area (Å²) in [7, 11) is -3.46. The van der Waals surface area contributed by atoms with Gasteiger partial charge in [-0.2, -0.15) is 8.42 Å². The van der Waals surface area contributed by atoms with Crippen molar-refractivity contribution in [1.29, 1.82) is 0 Å². The normalized spacial score (nSPS) is 37.2. The molecule has 102 valence electrons. The van der Waals surface area contributed by atoms with Gasteiger partial charge in [0.1, 0.15) is 12.2 Å². The summed E-state index contributed by atoms with van der Waals surface area (Å²) < 4.78 is 33.4. The summed E-state index contributed by atoms with van der Waals surface area (Å²) in [5.74, 6) is -0.587. The van der Waals surface area contributed by atoms with Crippen LogP contribution in [0.5, 0.6) is 0 Å². The molecule has 1 saturated heterocycles. The molecule has 1 aliphatic carbocycles. The van der Waals surface area contributed by atoms with Crippen LogP contribution in [-0.2, 0) is 23.8 Å². The molecule has 1 saturated carbocycles. The van der Waals surface area contributed by atoms with E-state index in [1.165, 1.54) is 0 Å². The number of esters is 1. The second-order valence-electron chi connectivity index (χ2n) is 5.09. The highest BCUT2D eigenvalue weighted by Gasteiger charge is 2.52. The van der Waals surface area contributed by atoms with Crippen LogP contribution in [0.2, 0.25) is 0 Å². The maximum Gasteiger partial charge on any atom is 0.333 e. The van der Waals surface area contributed by atoms with Gasteiger partial charge < -0.3 is 4.74 Å². The van der Waals surface area contributed by atoms with Crippen LogP contribution in [0.3, 0.4) is 0 Å². The lowest BCUT2D eigenvalue weighted by molar-refractivity contribution is -0.151. The molecular weight excluding hydrogens is 256 g/mol. The van der Waals surface area contributed by atoms with E-state index in [0.29, 0.717) is 18.4 Å². The first-order valence-electron chi connectivity index (χ1n) is 6.13. The monoisotopic (exact) mass is 274 g/mol. The minimum absolute atomic E-state index is 0.0651. The number of fused-ring (bicyclic) bond motifs is 2. The Hall–Kier alpha value is -0.880. The number of rotatable bonds is 3. The Bertz CT molecular complexity index is 467. The molecule has 1 heterocycles. The smallest absolute Gasteiger partial charge is 0.333 e. The largest absolute Gasteiger partial charge is 0.456 e. The summed E-state index contributed by atoms with van der Waals surface area (Å²) in [4.78, 5) is 11.7. The van der Waals surface area contributed by atoms with Crippen LogP contribution in [0.4, 0.5) is 0 Å². The van der Waals surface area contributed by atoms with E-state index in [2.05, 4.69) is 6.58 Å². The van der Waals surface area contributed by atoms with Crippen molar-refractivity contribution >= 4 is 16.1 Å². The molecule has 0 N–H and O–H groups in total. The average molecular weight is 274 g/mol. The highest BCUT2D eigenvalue weighted by Crippen LogP contribution is 2.41. The zero-order chi connectivity index (χ0) is 13.5. The van der Waals surface area contributed by atoms with E-state index in [1.807, 2.05) is 13.8 Å². The Morgan fingerprint density at radius 3 is 2.72 bits per heavy atom. The van der Waals surface area contributed by atoms with Crippen LogP contribution in [0, 0.1) is 11.8 Å². The van der Waals surface area contributed by atoms with Crippen LogP contribution in [0.1, 0.15) is 26.7 Å². The molecule has 6 heteroatoms. The van der Waals surface area contributed by atoms with Crippen molar-refractivity contribution in [2.24, 2.45) is 11.8 Å². The molecular formula is C12H18O5S. The third-order valence-corrected chi connectivity index (χ3v) is 5.01. The summed E-state index contributed by atoms with van der Waals surface area (Å²) in [5, 5.41) is 0. The number of carbonyl (C=O) groups is 1. The van der Waals surface area contributed by atoms with E-state index in [0.717, 1.165) is 0 Å². The fourth-order valence-electron chi connectivity index (χ4n) is 2.64. The van der Waals surface area contributed by atoms with E-state index < -0.39 is 28.3 Å². The van der Waals surface area contributed by atoms with Crippen LogP contribution >= 0.6 is 0 Å². The maximum atomic E-state index is 11.7. The number of hydrogen-bond acceptors (Lipinski definition) is 5. The summed E-state index contributed by atoms with van der Waals surface area (Å²) >= 11 is 0. The standard InChI is InChI=1S/C12H18O5S/c1-4-7(2)12(13)16-11-9-5-8(3)10(11)17-18(14,15)6-9/h8-11H,2,4-6H2,1,3H3. The van der Waals surface area contributed by atoms with Crippen LogP contribution in [-0.4, -0.2) is 32.3 Å². The van der Waals surface area contributed by atoms with Crippen molar-refractivity contribution in [3.8, 4) is 0 Å². The van der Waals surface area contributed by atoms with Gasteiger partial charge in [-0.25, -0.2) is 4.79 Å². The van der Waals surface area contributed by atoms with Gasteiger partial charge in [0.05, 0.1) is 5.75 Å². The minimum Gasteiger partial charge on any atom is -0.456 e. The molecule has 4 unspecified atom stereocenters. The molecule has 1 aliphatic heterocycles. The second-order valence-corrected chi connectivity index (χ2v) is 6.73. The zero-order valence-corrected chi connectivity index (χ0v) is 11.4. The van der Waals surface area contributed by atoms with E-state index in [1.54, 1.807) is 0 Å². The van der Waals surface area contributed by atoms with Gasteiger partial charge in [0.25, 0.3) is 10.1 Å². The summed E-state index contributed by atoms with van der Waals surface area (Å²) in [6.07, 6.45) is 0.234. The van der Waals surface area contributed by atoms with Gasteiger partial charge in [-0.05, 0) is 18.8 Å². The Morgan fingerprint density at radius 2 is 2.17 bits per heavy atom. The molecule has 18 heavy (non-hydrogen) atoms. The molecule has 0 aromatic rings. The Balaban J connectivity index is 2.12. The van der Waals surface area contributed by atoms with Crippen molar-refractivity contribution in [3.05, 3.63) is 12.2 Å². The Morgan fingerprint density at radius 1 is 1.50 bits per heavy atom. The van der Waals surface area contributed by atoms with Gasteiger partial charge in [-0.1, -0.05) is 20.4 Å². The van der Waals surface area contributed by atoms with Gasteiger partial charge in [0.2, 0.25) is 0 Å². The average Bonchev–Trinajstić information content (AvgIpc) is 2.47. The fourth-order valence-corrected chi connectivity index (χ4v) is 4.20. The summed E-state index contributed by atoms with van der Waals surface area (Å²) in [5.41, 5.74) is 0.399. The SMILES string of the molecule is C=C(CC)C(=O)OC1C2CC(C)C1OS(=O)(=O)C2. The number of carbonyl (C=O) groups excluding carboxylic acids is 1. The second kappa shape index (κ2) is 4.66. The Labute approximate surface area is 107 Å². The molecule has 0 aromatic heterocycles. The predicted molar refractivity (Wildman–Crippen MR) is 65.2 cm³/mol.